The summed E-state index contributed by atoms with van der Waals surface area (Å²) in [6.07, 6.45) is 4.73. The van der Waals surface area contributed by atoms with Crippen LogP contribution in [0.1, 0.15) is 29.2 Å². The van der Waals surface area contributed by atoms with E-state index in [0.29, 0.717) is 19.4 Å². The third kappa shape index (κ3) is 4.97. The fourth-order valence-corrected chi connectivity index (χ4v) is 4.08. The van der Waals surface area contributed by atoms with Crippen molar-refractivity contribution < 1.29 is 4.79 Å². The van der Waals surface area contributed by atoms with Gasteiger partial charge in [-0.25, -0.2) is 9.67 Å². The van der Waals surface area contributed by atoms with Gasteiger partial charge in [0.1, 0.15) is 0 Å². The van der Waals surface area contributed by atoms with Crippen molar-refractivity contribution in [1.29, 1.82) is 0 Å². The molecule has 0 aliphatic rings. The number of thiazole rings is 1. The highest BCUT2D eigenvalue weighted by Gasteiger charge is 2.18. The molecule has 29 heavy (non-hydrogen) atoms. The van der Waals surface area contributed by atoms with Crippen molar-refractivity contribution in [1.82, 2.24) is 20.1 Å². The van der Waals surface area contributed by atoms with Crippen molar-refractivity contribution in [2.75, 3.05) is 6.54 Å². The molecular formula is C23H22N4OS. The second-order valence-corrected chi connectivity index (χ2v) is 7.59. The normalized spacial score (nSPS) is 10.9. The summed E-state index contributed by atoms with van der Waals surface area (Å²) in [6, 6.07) is 22.3. The Hall–Kier alpha value is -3.25. The van der Waals surface area contributed by atoms with Crippen molar-refractivity contribution in [3.05, 3.63) is 101 Å². The van der Waals surface area contributed by atoms with Gasteiger partial charge in [0.15, 0.2) is 0 Å². The Morgan fingerprint density at radius 1 is 1.00 bits per heavy atom. The van der Waals surface area contributed by atoms with Crippen LogP contribution < -0.4 is 5.32 Å². The molecule has 1 amide bonds. The van der Waals surface area contributed by atoms with Gasteiger partial charge in [0.05, 0.1) is 5.69 Å². The Bertz CT molecular complexity index is 990. The van der Waals surface area contributed by atoms with Crippen molar-refractivity contribution in [2.45, 2.75) is 18.8 Å². The fraction of sp³-hybridized carbons (Fsp3) is 0.174. The maximum Gasteiger partial charge on any atom is 0.220 e. The van der Waals surface area contributed by atoms with Crippen molar-refractivity contribution in [3.8, 4) is 5.13 Å². The number of aromatic nitrogens is 3. The van der Waals surface area contributed by atoms with Gasteiger partial charge < -0.3 is 5.32 Å². The van der Waals surface area contributed by atoms with Crippen LogP contribution in [0.3, 0.4) is 0 Å². The van der Waals surface area contributed by atoms with Gasteiger partial charge in [-0.15, -0.1) is 11.3 Å². The molecule has 0 saturated heterocycles. The number of amides is 1. The lowest BCUT2D eigenvalue weighted by Crippen LogP contribution is -2.27. The standard InChI is InChI=1S/C23H22N4OS/c28-22(24-14-12-20-17-29-23(26-20)27-15-7-13-25-27)16-21(18-8-3-1-4-9-18)19-10-5-2-6-11-19/h1-11,13,15,17,21H,12,14,16H2,(H,24,28). The van der Waals surface area contributed by atoms with E-state index in [1.807, 2.05) is 54.0 Å². The zero-order valence-electron chi connectivity index (χ0n) is 15.9. The molecule has 0 aliphatic carbocycles. The van der Waals surface area contributed by atoms with Crippen LogP contribution in [0.25, 0.3) is 5.13 Å². The summed E-state index contributed by atoms with van der Waals surface area (Å²) in [7, 11) is 0. The molecule has 0 radical (unpaired) electrons. The van der Waals surface area contributed by atoms with E-state index >= 15 is 0 Å². The Morgan fingerprint density at radius 2 is 1.69 bits per heavy atom. The van der Waals surface area contributed by atoms with E-state index in [1.165, 1.54) is 0 Å². The van der Waals surface area contributed by atoms with Crippen LogP contribution in [0.2, 0.25) is 0 Å². The molecular weight excluding hydrogens is 380 g/mol. The highest BCUT2D eigenvalue weighted by Crippen LogP contribution is 2.27. The molecule has 2 aromatic heterocycles. The first-order valence-corrected chi connectivity index (χ1v) is 10.5. The molecule has 0 unspecified atom stereocenters. The molecule has 6 heteroatoms. The minimum absolute atomic E-state index is 0.0445. The van der Waals surface area contributed by atoms with Crippen LogP contribution in [0.15, 0.2) is 84.5 Å². The summed E-state index contributed by atoms with van der Waals surface area (Å²) in [5.41, 5.74) is 3.26. The van der Waals surface area contributed by atoms with Crippen LogP contribution >= 0.6 is 11.3 Å². The van der Waals surface area contributed by atoms with E-state index in [2.05, 4.69) is 39.7 Å². The van der Waals surface area contributed by atoms with Crippen LogP contribution in [-0.2, 0) is 11.2 Å². The lowest BCUT2D eigenvalue weighted by molar-refractivity contribution is -0.121. The zero-order chi connectivity index (χ0) is 19.9. The predicted molar refractivity (Wildman–Crippen MR) is 115 cm³/mol. The highest BCUT2D eigenvalue weighted by atomic mass is 32.1. The molecule has 2 heterocycles. The molecule has 0 fully saturated rings. The van der Waals surface area contributed by atoms with Crippen LogP contribution in [-0.4, -0.2) is 27.2 Å². The van der Waals surface area contributed by atoms with Gasteiger partial charge in [0, 0.05) is 43.1 Å². The number of hydrogen-bond donors (Lipinski definition) is 1. The van der Waals surface area contributed by atoms with Crippen molar-refractivity contribution >= 4 is 17.2 Å². The lowest BCUT2D eigenvalue weighted by Gasteiger charge is -2.17. The maximum atomic E-state index is 12.6. The molecule has 4 aromatic rings. The lowest BCUT2D eigenvalue weighted by atomic mass is 9.88. The van der Waals surface area contributed by atoms with Gasteiger partial charge in [0.2, 0.25) is 11.0 Å². The number of nitrogens with zero attached hydrogens (tertiary/aromatic N) is 3. The quantitative estimate of drug-likeness (QED) is 0.480. The molecule has 0 spiro atoms. The summed E-state index contributed by atoms with van der Waals surface area (Å²) in [4.78, 5) is 17.2. The van der Waals surface area contributed by atoms with Gasteiger partial charge in [-0.1, -0.05) is 60.7 Å². The average Bonchev–Trinajstić information content (AvgIpc) is 3.45. The highest BCUT2D eigenvalue weighted by molar-refractivity contribution is 7.12. The van der Waals surface area contributed by atoms with Crippen molar-refractivity contribution in [2.24, 2.45) is 0 Å². The minimum atomic E-state index is 0.0445. The van der Waals surface area contributed by atoms with E-state index in [-0.39, 0.29) is 11.8 Å². The van der Waals surface area contributed by atoms with E-state index in [4.69, 9.17) is 0 Å². The summed E-state index contributed by atoms with van der Waals surface area (Å²) < 4.78 is 1.75. The Kier molecular flexibility index (Phi) is 6.12. The van der Waals surface area contributed by atoms with Gasteiger partial charge in [-0.05, 0) is 17.2 Å². The number of carbonyl (C=O) groups excluding carboxylic acids is 1. The molecule has 1 N–H and O–H groups in total. The molecule has 146 valence electrons. The van der Waals surface area contributed by atoms with Crippen LogP contribution in [0.4, 0.5) is 0 Å². The summed E-state index contributed by atoms with van der Waals surface area (Å²) >= 11 is 1.55. The smallest absolute Gasteiger partial charge is 0.220 e. The summed E-state index contributed by atoms with van der Waals surface area (Å²) in [6.45, 7) is 0.567. The SMILES string of the molecule is O=C(CC(c1ccccc1)c1ccccc1)NCCc1csc(-n2cccn2)n1. The average molecular weight is 403 g/mol. The molecule has 0 aliphatic heterocycles. The van der Waals surface area contributed by atoms with Gasteiger partial charge in [-0.3, -0.25) is 4.79 Å². The van der Waals surface area contributed by atoms with Crippen LogP contribution in [0.5, 0.6) is 0 Å². The first kappa shape index (κ1) is 19.1. The number of rotatable bonds is 8. The minimum Gasteiger partial charge on any atom is -0.356 e. The van der Waals surface area contributed by atoms with Gasteiger partial charge >= 0.3 is 0 Å². The topological polar surface area (TPSA) is 59.8 Å². The third-order valence-corrected chi connectivity index (χ3v) is 5.62. The van der Waals surface area contributed by atoms with Gasteiger partial charge in [-0.2, -0.15) is 5.10 Å². The second kappa shape index (κ2) is 9.30. The van der Waals surface area contributed by atoms with E-state index < -0.39 is 0 Å². The number of benzene rings is 2. The Balaban J connectivity index is 1.35. The van der Waals surface area contributed by atoms with E-state index in [0.717, 1.165) is 22.0 Å². The van der Waals surface area contributed by atoms with E-state index in [1.54, 1.807) is 22.2 Å². The van der Waals surface area contributed by atoms with Gasteiger partial charge in [0.25, 0.3) is 0 Å². The van der Waals surface area contributed by atoms with Crippen molar-refractivity contribution in [3.63, 3.8) is 0 Å². The monoisotopic (exact) mass is 402 g/mol. The number of hydrogen-bond acceptors (Lipinski definition) is 4. The third-order valence-electron chi connectivity index (χ3n) is 4.74. The number of nitrogens with one attached hydrogen (secondary N) is 1. The predicted octanol–water partition coefficient (Wildman–Crippen LogP) is 4.21. The molecule has 0 bridgehead atoms. The molecule has 2 aromatic carbocycles. The van der Waals surface area contributed by atoms with Crippen LogP contribution in [0, 0.1) is 0 Å². The molecule has 0 saturated carbocycles. The first-order valence-electron chi connectivity index (χ1n) is 9.60. The molecule has 4 rings (SSSR count). The largest absolute Gasteiger partial charge is 0.356 e. The van der Waals surface area contributed by atoms with E-state index in [9.17, 15) is 4.79 Å². The number of carbonyl (C=O) groups is 1. The fourth-order valence-electron chi connectivity index (χ4n) is 3.28. The molecule has 5 nitrogen and oxygen atoms in total. The second-order valence-electron chi connectivity index (χ2n) is 6.75. The summed E-state index contributed by atoms with van der Waals surface area (Å²) in [5.74, 6) is 0.0910. The zero-order valence-corrected chi connectivity index (χ0v) is 16.8. The maximum absolute atomic E-state index is 12.6. The Morgan fingerprint density at radius 3 is 2.31 bits per heavy atom. The summed E-state index contributed by atoms with van der Waals surface area (Å²) in [5, 5.41) is 10.1. The first-order chi connectivity index (χ1) is 14.3. The Labute approximate surface area is 174 Å². The molecule has 0 atom stereocenters.